The van der Waals surface area contributed by atoms with Gasteiger partial charge in [0.2, 0.25) is 0 Å². The molecule has 1 aromatic rings. The average Bonchev–Trinajstić information content (AvgIpc) is 2.36. The predicted octanol–water partition coefficient (Wildman–Crippen LogP) is 2.75. The Morgan fingerprint density at radius 2 is 2.05 bits per heavy atom. The Labute approximate surface area is 118 Å². The van der Waals surface area contributed by atoms with Crippen LogP contribution in [0.4, 0.5) is 5.69 Å². The summed E-state index contributed by atoms with van der Waals surface area (Å²) in [5.74, 6) is 0. The minimum Gasteiger partial charge on any atom is -0.383 e. The first-order chi connectivity index (χ1) is 9.08. The van der Waals surface area contributed by atoms with E-state index in [1.807, 2.05) is 0 Å². The summed E-state index contributed by atoms with van der Waals surface area (Å²) >= 11 is 0. The van der Waals surface area contributed by atoms with Gasteiger partial charge in [0.25, 0.3) is 0 Å². The van der Waals surface area contributed by atoms with Gasteiger partial charge in [-0.25, -0.2) is 0 Å². The molecule has 1 rings (SSSR count). The van der Waals surface area contributed by atoms with Gasteiger partial charge in [0.05, 0.1) is 6.61 Å². The predicted molar refractivity (Wildman–Crippen MR) is 83.1 cm³/mol. The van der Waals surface area contributed by atoms with Crippen molar-refractivity contribution in [2.45, 2.75) is 33.2 Å². The van der Waals surface area contributed by atoms with E-state index in [-0.39, 0.29) is 0 Å². The number of anilines is 1. The standard InChI is InChI=1S/C16H28N2O/c1-6-9-17-15(12-19-5)11-18(4)16-8-7-13(2)10-14(16)3/h7-8,10,15,17H,6,9,11-12H2,1-5H3. The van der Waals surface area contributed by atoms with E-state index >= 15 is 0 Å². The fraction of sp³-hybridized carbons (Fsp3) is 0.625. The van der Waals surface area contributed by atoms with Gasteiger partial charge in [0.1, 0.15) is 0 Å². The van der Waals surface area contributed by atoms with E-state index in [4.69, 9.17) is 4.74 Å². The summed E-state index contributed by atoms with van der Waals surface area (Å²) < 4.78 is 5.30. The van der Waals surface area contributed by atoms with E-state index in [9.17, 15) is 0 Å². The van der Waals surface area contributed by atoms with Crippen molar-refractivity contribution in [3.8, 4) is 0 Å². The number of aryl methyl sites for hydroxylation is 2. The lowest BCUT2D eigenvalue weighted by molar-refractivity contribution is 0.168. The molecule has 0 aromatic heterocycles. The summed E-state index contributed by atoms with van der Waals surface area (Å²) in [7, 11) is 3.91. The van der Waals surface area contributed by atoms with Crippen LogP contribution >= 0.6 is 0 Å². The Morgan fingerprint density at radius 1 is 1.32 bits per heavy atom. The smallest absolute Gasteiger partial charge is 0.0633 e. The summed E-state index contributed by atoms with van der Waals surface area (Å²) in [5.41, 5.74) is 3.94. The van der Waals surface area contributed by atoms with Crippen LogP contribution in [0.5, 0.6) is 0 Å². The lowest BCUT2D eigenvalue weighted by atomic mass is 10.1. The van der Waals surface area contributed by atoms with E-state index in [0.29, 0.717) is 6.04 Å². The van der Waals surface area contributed by atoms with Gasteiger partial charge in [-0.2, -0.15) is 0 Å². The number of hydrogen-bond acceptors (Lipinski definition) is 3. The summed E-state index contributed by atoms with van der Waals surface area (Å²) in [4.78, 5) is 2.31. The van der Waals surface area contributed by atoms with Crippen LogP contribution < -0.4 is 10.2 Å². The van der Waals surface area contributed by atoms with Gasteiger partial charge in [-0.05, 0) is 38.4 Å². The van der Waals surface area contributed by atoms with E-state index in [1.165, 1.54) is 16.8 Å². The highest BCUT2D eigenvalue weighted by atomic mass is 16.5. The largest absolute Gasteiger partial charge is 0.383 e. The van der Waals surface area contributed by atoms with Crippen LogP contribution in [0.3, 0.4) is 0 Å². The average molecular weight is 264 g/mol. The molecule has 1 aromatic carbocycles. The zero-order chi connectivity index (χ0) is 14.3. The van der Waals surface area contributed by atoms with Crippen LogP contribution in [0.2, 0.25) is 0 Å². The van der Waals surface area contributed by atoms with Crippen molar-refractivity contribution >= 4 is 5.69 Å². The molecule has 0 heterocycles. The maximum Gasteiger partial charge on any atom is 0.0633 e. The Balaban J connectivity index is 2.66. The molecule has 1 N–H and O–H groups in total. The minimum absolute atomic E-state index is 0.371. The molecule has 0 spiro atoms. The number of ether oxygens (including phenoxy) is 1. The number of benzene rings is 1. The summed E-state index contributed by atoms with van der Waals surface area (Å²) in [5, 5.41) is 3.54. The molecule has 0 aliphatic heterocycles. The maximum atomic E-state index is 5.30. The van der Waals surface area contributed by atoms with E-state index in [2.05, 4.69) is 56.2 Å². The fourth-order valence-corrected chi connectivity index (χ4v) is 2.39. The van der Waals surface area contributed by atoms with Crippen molar-refractivity contribution in [2.24, 2.45) is 0 Å². The summed E-state index contributed by atoms with van der Waals surface area (Å²) in [6.45, 7) is 9.23. The van der Waals surface area contributed by atoms with E-state index < -0.39 is 0 Å². The van der Waals surface area contributed by atoms with Gasteiger partial charge in [-0.1, -0.05) is 24.6 Å². The number of methoxy groups -OCH3 is 1. The molecule has 3 heteroatoms. The molecule has 0 bridgehead atoms. The first-order valence-electron chi connectivity index (χ1n) is 7.09. The SMILES string of the molecule is CCCNC(COC)CN(C)c1ccc(C)cc1C. The second-order valence-electron chi connectivity index (χ2n) is 5.28. The molecule has 0 radical (unpaired) electrons. The van der Waals surface area contributed by atoms with Crippen molar-refractivity contribution < 1.29 is 4.74 Å². The Morgan fingerprint density at radius 3 is 2.63 bits per heavy atom. The number of hydrogen-bond donors (Lipinski definition) is 1. The molecule has 0 fully saturated rings. The highest BCUT2D eigenvalue weighted by Gasteiger charge is 2.12. The van der Waals surface area contributed by atoms with Crippen molar-refractivity contribution in [3.63, 3.8) is 0 Å². The molecule has 0 saturated heterocycles. The van der Waals surface area contributed by atoms with Crippen LogP contribution in [0.1, 0.15) is 24.5 Å². The van der Waals surface area contributed by atoms with Gasteiger partial charge in [0, 0.05) is 32.4 Å². The van der Waals surface area contributed by atoms with Crippen LogP contribution in [0.25, 0.3) is 0 Å². The Hall–Kier alpha value is -1.06. The molecular weight excluding hydrogens is 236 g/mol. The van der Waals surface area contributed by atoms with Crippen LogP contribution in [0, 0.1) is 13.8 Å². The topological polar surface area (TPSA) is 24.5 Å². The summed E-state index contributed by atoms with van der Waals surface area (Å²) in [6, 6.07) is 6.98. The number of nitrogens with zero attached hydrogens (tertiary/aromatic N) is 1. The highest BCUT2D eigenvalue weighted by molar-refractivity contribution is 5.53. The molecule has 3 nitrogen and oxygen atoms in total. The maximum absolute atomic E-state index is 5.30. The molecular formula is C16H28N2O. The van der Waals surface area contributed by atoms with Crippen molar-refractivity contribution in [1.29, 1.82) is 0 Å². The van der Waals surface area contributed by atoms with Gasteiger partial charge < -0.3 is 15.0 Å². The van der Waals surface area contributed by atoms with E-state index in [1.54, 1.807) is 7.11 Å². The summed E-state index contributed by atoms with van der Waals surface area (Å²) in [6.07, 6.45) is 1.15. The third-order valence-electron chi connectivity index (χ3n) is 3.31. The normalized spacial score (nSPS) is 12.5. The Kier molecular flexibility index (Phi) is 6.89. The molecule has 108 valence electrons. The number of likely N-dealkylation sites (N-methyl/N-ethyl adjacent to an activating group) is 1. The molecule has 1 unspecified atom stereocenters. The quantitative estimate of drug-likeness (QED) is 0.781. The minimum atomic E-state index is 0.371. The molecule has 0 aliphatic carbocycles. The number of nitrogens with one attached hydrogen (secondary N) is 1. The van der Waals surface area contributed by atoms with Crippen LogP contribution in [0.15, 0.2) is 18.2 Å². The molecule has 0 amide bonds. The number of rotatable bonds is 8. The van der Waals surface area contributed by atoms with E-state index in [0.717, 1.165) is 26.1 Å². The fourth-order valence-electron chi connectivity index (χ4n) is 2.39. The van der Waals surface area contributed by atoms with Crippen LogP contribution in [-0.4, -0.2) is 39.9 Å². The van der Waals surface area contributed by atoms with Gasteiger partial charge in [-0.15, -0.1) is 0 Å². The lowest BCUT2D eigenvalue weighted by Crippen LogP contribution is -2.43. The molecule has 0 saturated carbocycles. The molecule has 19 heavy (non-hydrogen) atoms. The monoisotopic (exact) mass is 264 g/mol. The first kappa shape index (κ1) is 16.0. The van der Waals surface area contributed by atoms with Crippen molar-refractivity contribution in [3.05, 3.63) is 29.3 Å². The third-order valence-corrected chi connectivity index (χ3v) is 3.31. The lowest BCUT2D eigenvalue weighted by Gasteiger charge is -2.27. The van der Waals surface area contributed by atoms with Crippen molar-refractivity contribution in [1.82, 2.24) is 5.32 Å². The zero-order valence-electron chi connectivity index (χ0n) is 13.0. The second-order valence-corrected chi connectivity index (χ2v) is 5.28. The van der Waals surface area contributed by atoms with Crippen LogP contribution in [-0.2, 0) is 4.74 Å². The van der Waals surface area contributed by atoms with Crippen molar-refractivity contribution in [2.75, 3.05) is 38.8 Å². The second kappa shape index (κ2) is 8.18. The first-order valence-corrected chi connectivity index (χ1v) is 7.09. The van der Waals surface area contributed by atoms with Gasteiger partial charge in [-0.3, -0.25) is 0 Å². The zero-order valence-corrected chi connectivity index (χ0v) is 13.0. The molecule has 1 atom stereocenters. The Bertz CT molecular complexity index is 379. The van der Waals surface area contributed by atoms with Gasteiger partial charge >= 0.3 is 0 Å². The third kappa shape index (κ3) is 5.21. The van der Waals surface area contributed by atoms with Gasteiger partial charge in [0.15, 0.2) is 0 Å². The molecule has 0 aliphatic rings. The highest BCUT2D eigenvalue weighted by Crippen LogP contribution is 2.20.